The normalized spacial score (nSPS) is 18.3. The van der Waals surface area contributed by atoms with Crippen molar-refractivity contribution in [2.45, 2.75) is 39.3 Å². The Labute approximate surface area is 155 Å². The molecule has 1 unspecified atom stereocenters. The Morgan fingerprint density at radius 1 is 1.31 bits per heavy atom. The van der Waals surface area contributed by atoms with Crippen molar-refractivity contribution in [3.8, 4) is 5.82 Å². The van der Waals surface area contributed by atoms with Crippen LogP contribution < -0.4 is 10.6 Å². The topological polar surface area (TPSA) is 70.4 Å². The fourth-order valence-electron chi connectivity index (χ4n) is 3.45. The molecule has 0 radical (unpaired) electrons. The van der Waals surface area contributed by atoms with Crippen LogP contribution in [0.1, 0.15) is 31.2 Å². The van der Waals surface area contributed by atoms with Crippen LogP contribution in [0.3, 0.4) is 0 Å². The summed E-state index contributed by atoms with van der Waals surface area (Å²) in [5.74, 6) is 2.65. The first-order chi connectivity index (χ1) is 12.7. The fraction of sp³-hybridized carbons (Fsp3) is 0.526. The molecule has 0 spiro atoms. The highest BCUT2D eigenvalue weighted by Crippen LogP contribution is 2.15. The van der Waals surface area contributed by atoms with Gasteiger partial charge in [0.1, 0.15) is 11.6 Å². The van der Waals surface area contributed by atoms with Crippen molar-refractivity contribution in [1.82, 2.24) is 30.1 Å². The van der Waals surface area contributed by atoms with Crippen LogP contribution in [0.15, 0.2) is 35.7 Å². The van der Waals surface area contributed by atoms with Crippen LogP contribution in [0.2, 0.25) is 0 Å². The van der Waals surface area contributed by atoms with Crippen LogP contribution in [0.25, 0.3) is 5.82 Å². The minimum atomic E-state index is 0.609. The first-order valence-electron chi connectivity index (χ1n) is 9.35. The van der Waals surface area contributed by atoms with Gasteiger partial charge in [0.25, 0.3) is 0 Å². The molecule has 3 heterocycles. The number of nitrogens with zero attached hydrogens (tertiary/aromatic N) is 5. The van der Waals surface area contributed by atoms with Crippen molar-refractivity contribution in [2.24, 2.45) is 4.99 Å². The molecule has 1 aliphatic rings. The SMILES string of the molecule is CCN1CCCC1CNC(=NC)NCc1ccc(-n2ccnc2C)nc1. The Hall–Kier alpha value is -2.41. The molecule has 1 fully saturated rings. The van der Waals surface area contributed by atoms with Gasteiger partial charge in [0.05, 0.1) is 0 Å². The number of likely N-dealkylation sites (N-methyl/N-ethyl adjacent to an activating group) is 1. The third-order valence-corrected chi connectivity index (χ3v) is 4.98. The van der Waals surface area contributed by atoms with E-state index in [-0.39, 0.29) is 0 Å². The van der Waals surface area contributed by atoms with Gasteiger partial charge in [0, 0.05) is 44.8 Å². The summed E-state index contributed by atoms with van der Waals surface area (Å²) in [5.41, 5.74) is 1.12. The van der Waals surface area contributed by atoms with Crippen LogP contribution in [0.5, 0.6) is 0 Å². The van der Waals surface area contributed by atoms with Gasteiger partial charge >= 0.3 is 0 Å². The van der Waals surface area contributed by atoms with Gasteiger partial charge in [-0.2, -0.15) is 0 Å². The van der Waals surface area contributed by atoms with E-state index >= 15 is 0 Å². The van der Waals surface area contributed by atoms with Gasteiger partial charge in [-0.25, -0.2) is 9.97 Å². The molecule has 7 nitrogen and oxygen atoms in total. The van der Waals surface area contributed by atoms with E-state index in [0.29, 0.717) is 12.6 Å². The molecule has 2 N–H and O–H groups in total. The maximum absolute atomic E-state index is 4.53. The monoisotopic (exact) mass is 355 g/mol. The summed E-state index contributed by atoms with van der Waals surface area (Å²) >= 11 is 0. The Balaban J connectivity index is 1.50. The molecule has 0 bridgehead atoms. The third-order valence-electron chi connectivity index (χ3n) is 4.98. The molecule has 0 amide bonds. The van der Waals surface area contributed by atoms with E-state index in [1.165, 1.54) is 19.4 Å². The smallest absolute Gasteiger partial charge is 0.191 e. The molecule has 1 aliphatic heterocycles. The lowest BCUT2D eigenvalue weighted by molar-refractivity contribution is 0.267. The van der Waals surface area contributed by atoms with Crippen molar-refractivity contribution < 1.29 is 0 Å². The predicted molar refractivity (Wildman–Crippen MR) is 105 cm³/mol. The van der Waals surface area contributed by atoms with E-state index < -0.39 is 0 Å². The number of imidazole rings is 1. The van der Waals surface area contributed by atoms with Crippen molar-refractivity contribution in [2.75, 3.05) is 26.7 Å². The number of hydrogen-bond donors (Lipinski definition) is 2. The minimum absolute atomic E-state index is 0.609. The summed E-state index contributed by atoms with van der Waals surface area (Å²) in [6.07, 6.45) is 8.15. The van der Waals surface area contributed by atoms with Crippen molar-refractivity contribution in [3.63, 3.8) is 0 Å². The summed E-state index contributed by atoms with van der Waals surface area (Å²) in [4.78, 5) is 15.6. The number of rotatable bonds is 6. The average Bonchev–Trinajstić information content (AvgIpc) is 3.31. The highest BCUT2D eigenvalue weighted by Gasteiger charge is 2.22. The van der Waals surface area contributed by atoms with Crippen molar-refractivity contribution in [1.29, 1.82) is 0 Å². The highest BCUT2D eigenvalue weighted by atomic mass is 15.2. The number of aliphatic imine (C=N–C) groups is 1. The molecular formula is C19H29N7. The van der Waals surface area contributed by atoms with Crippen LogP contribution in [-0.2, 0) is 6.54 Å². The molecular weight excluding hydrogens is 326 g/mol. The molecule has 0 aromatic carbocycles. The van der Waals surface area contributed by atoms with E-state index in [4.69, 9.17) is 0 Å². The number of pyridine rings is 1. The van der Waals surface area contributed by atoms with Crippen LogP contribution in [0, 0.1) is 6.92 Å². The van der Waals surface area contributed by atoms with Gasteiger partial charge in [0.2, 0.25) is 0 Å². The average molecular weight is 355 g/mol. The maximum Gasteiger partial charge on any atom is 0.191 e. The Kier molecular flexibility index (Phi) is 6.22. The number of hydrogen-bond acceptors (Lipinski definition) is 4. The zero-order chi connectivity index (χ0) is 18.4. The van der Waals surface area contributed by atoms with Gasteiger partial charge in [-0.3, -0.25) is 14.5 Å². The number of guanidine groups is 1. The molecule has 2 aromatic rings. The summed E-state index contributed by atoms with van der Waals surface area (Å²) in [5, 5.41) is 6.82. The molecule has 0 saturated carbocycles. The summed E-state index contributed by atoms with van der Waals surface area (Å²) < 4.78 is 1.97. The number of aryl methyl sites for hydroxylation is 1. The van der Waals surface area contributed by atoms with Gasteiger partial charge in [0.15, 0.2) is 5.96 Å². The van der Waals surface area contributed by atoms with Gasteiger partial charge < -0.3 is 10.6 Å². The molecule has 1 atom stereocenters. The third kappa shape index (κ3) is 4.40. The highest BCUT2D eigenvalue weighted by molar-refractivity contribution is 5.79. The van der Waals surface area contributed by atoms with E-state index in [2.05, 4.69) is 43.5 Å². The summed E-state index contributed by atoms with van der Waals surface area (Å²) in [7, 11) is 1.81. The Morgan fingerprint density at radius 3 is 2.85 bits per heavy atom. The molecule has 1 saturated heterocycles. The second-order valence-electron chi connectivity index (χ2n) is 6.60. The minimum Gasteiger partial charge on any atom is -0.355 e. The fourth-order valence-corrected chi connectivity index (χ4v) is 3.45. The van der Waals surface area contributed by atoms with E-state index in [1.807, 2.05) is 37.0 Å². The molecule has 140 valence electrons. The second-order valence-corrected chi connectivity index (χ2v) is 6.60. The summed E-state index contributed by atoms with van der Waals surface area (Å²) in [6.45, 7) is 8.16. The molecule has 3 rings (SSSR count). The number of likely N-dealkylation sites (tertiary alicyclic amines) is 1. The van der Waals surface area contributed by atoms with Gasteiger partial charge in [-0.05, 0) is 44.5 Å². The predicted octanol–water partition coefficient (Wildman–Crippen LogP) is 1.73. The van der Waals surface area contributed by atoms with Gasteiger partial charge in [-0.1, -0.05) is 13.0 Å². The standard InChI is InChI=1S/C19H29N7/c1-4-25-10-5-6-17(25)14-24-19(20-3)23-13-16-7-8-18(22-12-16)26-11-9-21-15(26)2/h7-9,11-12,17H,4-6,10,13-14H2,1-3H3,(H2,20,23,24). The maximum atomic E-state index is 4.53. The van der Waals surface area contributed by atoms with Crippen LogP contribution in [0.4, 0.5) is 0 Å². The van der Waals surface area contributed by atoms with Crippen LogP contribution >= 0.6 is 0 Å². The molecule has 2 aromatic heterocycles. The van der Waals surface area contributed by atoms with E-state index in [9.17, 15) is 0 Å². The first kappa shape index (κ1) is 18.4. The van der Waals surface area contributed by atoms with E-state index in [1.54, 1.807) is 6.20 Å². The molecule has 0 aliphatic carbocycles. The zero-order valence-corrected chi connectivity index (χ0v) is 15.9. The number of nitrogens with one attached hydrogen (secondary N) is 2. The van der Waals surface area contributed by atoms with Crippen LogP contribution in [-0.4, -0.2) is 58.1 Å². The lowest BCUT2D eigenvalue weighted by Crippen LogP contribution is -2.44. The van der Waals surface area contributed by atoms with Crippen molar-refractivity contribution >= 4 is 5.96 Å². The lowest BCUT2D eigenvalue weighted by atomic mass is 10.2. The Morgan fingerprint density at radius 2 is 2.19 bits per heavy atom. The van der Waals surface area contributed by atoms with Crippen molar-refractivity contribution in [3.05, 3.63) is 42.1 Å². The largest absolute Gasteiger partial charge is 0.355 e. The molecule has 7 heteroatoms. The number of aromatic nitrogens is 3. The lowest BCUT2D eigenvalue weighted by Gasteiger charge is -2.24. The zero-order valence-electron chi connectivity index (χ0n) is 15.9. The van der Waals surface area contributed by atoms with E-state index in [0.717, 1.165) is 36.3 Å². The quantitative estimate of drug-likeness (QED) is 0.610. The Bertz CT molecular complexity index is 720. The molecule has 26 heavy (non-hydrogen) atoms. The summed E-state index contributed by atoms with van der Waals surface area (Å²) in [6, 6.07) is 4.70. The second kappa shape index (κ2) is 8.80. The van der Waals surface area contributed by atoms with Gasteiger partial charge in [-0.15, -0.1) is 0 Å². The first-order valence-corrected chi connectivity index (χ1v) is 9.35.